The third kappa shape index (κ3) is 4.29. The predicted molar refractivity (Wildman–Crippen MR) is 99.1 cm³/mol. The van der Waals surface area contributed by atoms with E-state index < -0.39 is 21.5 Å². The molecule has 1 heterocycles. The molecule has 146 valence electrons. The molecular formula is C18H17N3O6S. The van der Waals surface area contributed by atoms with E-state index in [9.17, 15) is 13.2 Å². The lowest BCUT2D eigenvalue weighted by Crippen LogP contribution is -2.13. The van der Waals surface area contributed by atoms with Crippen molar-refractivity contribution in [2.24, 2.45) is 0 Å². The minimum atomic E-state index is -3.65. The van der Waals surface area contributed by atoms with E-state index in [2.05, 4.69) is 15.5 Å². The Hall–Kier alpha value is -3.40. The van der Waals surface area contributed by atoms with Crippen molar-refractivity contribution in [1.29, 1.82) is 0 Å². The molecule has 3 aromatic rings. The van der Waals surface area contributed by atoms with E-state index in [0.29, 0.717) is 11.5 Å². The second-order valence-corrected chi connectivity index (χ2v) is 7.58. The van der Waals surface area contributed by atoms with Gasteiger partial charge in [0.1, 0.15) is 17.3 Å². The molecule has 0 saturated heterocycles. The zero-order valence-corrected chi connectivity index (χ0v) is 15.9. The SMILES string of the molecule is COc1ccc(OC)c(C(=O)Nc2nnc(CS(=O)(=O)c3ccccc3)o2)c1. The zero-order chi connectivity index (χ0) is 20.1. The van der Waals surface area contributed by atoms with Gasteiger partial charge in [0.05, 0.1) is 24.7 Å². The monoisotopic (exact) mass is 403 g/mol. The van der Waals surface area contributed by atoms with Gasteiger partial charge in [0.25, 0.3) is 5.91 Å². The summed E-state index contributed by atoms with van der Waals surface area (Å²) in [5.74, 6) is -0.410. The molecule has 0 atom stereocenters. The van der Waals surface area contributed by atoms with Gasteiger partial charge in [0, 0.05) is 0 Å². The van der Waals surface area contributed by atoms with E-state index in [1.54, 1.807) is 30.3 Å². The van der Waals surface area contributed by atoms with Gasteiger partial charge in [0.15, 0.2) is 9.84 Å². The predicted octanol–water partition coefficient (Wildman–Crippen LogP) is 2.31. The zero-order valence-electron chi connectivity index (χ0n) is 15.1. The quantitative estimate of drug-likeness (QED) is 0.638. The van der Waals surface area contributed by atoms with Crippen molar-refractivity contribution in [2.45, 2.75) is 10.6 Å². The van der Waals surface area contributed by atoms with E-state index in [4.69, 9.17) is 13.9 Å². The van der Waals surface area contributed by atoms with Crippen LogP contribution in [0.4, 0.5) is 6.01 Å². The summed E-state index contributed by atoms with van der Waals surface area (Å²) in [7, 11) is -0.744. The van der Waals surface area contributed by atoms with Crippen molar-refractivity contribution >= 4 is 21.8 Å². The number of hydrogen-bond donors (Lipinski definition) is 1. The number of nitrogens with one attached hydrogen (secondary N) is 1. The van der Waals surface area contributed by atoms with Crippen LogP contribution in [-0.4, -0.2) is 38.7 Å². The summed E-state index contributed by atoms with van der Waals surface area (Å²) in [5.41, 5.74) is 0.193. The van der Waals surface area contributed by atoms with Crippen LogP contribution in [0.1, 0.15) is 16.2 Å². The van der Waals surface area contributed by atoms with Crippen LogP contribution in [0.3, 0.4) is 0 Å². The molecule has 1 N–H and O–H groups in total. The Morgan fingerprint density at radius 3 is 2.50 bits per heavy atom. The molecule has 1 amide bonds. The van der Waals surface area contributed by atoms with Crippen LogP contribution < -0.4 is 14.8 Å². The number of hydrogen-bond acceptors (Lipinski definition) is 8. The number of amides is 1. The second-order valence-electron chi connectivity index (χ2n) is 5.59. The number of benzene rings is 2. The number of carbonyl (C=O) groups excluding carboxylic acids is 1. The van der Waals surface area contributed by atoms with E-state index in [0.717, 1.165) is 0 Å². The van der Waals surface area contributed by atoms with Crippen LogP contribution in [0.15, 0.2) is 57.8 Å². The first-order valence-corrected chi connectivity index (χ1v) is 9.71. The highest BCUT2D eigenvalue weighted by atomic mass is 32.2. The van der Waals surface area contributed by atoms with E-state index in [1.807, 2.05) is 0 Å². The maximum Gasteiger partial charge on any atom is 0.322 e. The Kier molecular flexibility index (Phi) is 5.59. The Morgan fingerprint density at radius 2 is 1.82 bits per heavy atom. The van der Waals surface area contributed by atoms with Crippen molar-refractivity contribution in [2.75, 3.05) is 19.5 Å². The van der Waals surface area contributed by atoms with Crippen LogP contribution in [0.2, 0.25) is 0 Å². The molecule has 28 heavy (non-hydrogen) atoms. The molecule has 9 nitrogen and oxygen atoms in total. The fourth-order valence-electron chi connectivity index (χ4n) is 2.39. The highest BCUT2D eigenvalue weighted by Crippen LogP contribution is 2.25. The molecule has 2 aromatic carbocycles. The number of rotatable bonds is 7. The van der Waals surface area contributed by atoms with Gasteiger partial charge in [0.2, 0.25) is 5.89 Å². The van der Waals surface area contributed by atoms with Gasteiger partial charge in [-0.05, 0) is 30.3 Å². The van der Waals surface area contributed by atoms with Crippen LogP contribution in [0.5, 0.6) is 11.5 Å². The Balaban J connectivity index is 1.76. The topological polar surface area (TPSA) is 121 Å². The standard InChI is InChI=1S/C18H17N3O6S/c1-25-12-8-9-15(26-2)14(10-12)17(22)19-18-21-20-16(27-18)11-28(23,24)13-6-4-3-5-7-13/h3-10H,11H2,1-2H3,(H,19,21,22). The van der Waals surface area contributed by atoms with Crippen molar-refractivity contribution in [3.63, 3.8) is 0 Å². The van der Waals surface area contributed by atoms with Crippen molar-refractivity contribution < 1.29 is 27.1 Å². The molecular weight excluding hydrogens is 386 g/mol. The lowest BCUT2D eigenvalue weighted by Gasteiger charge is -2.09. The van der Waals surface area contributed by atoms with Gasteiger partial charge >= 0.3 is 6.01 Å². The molecule has 10 heteroatoms. The van der Waals surface area contributed by atoms with Gasteiger partial charge in [-0.25, -0.2) is 8.42 Å². The van der Waals surface area contributed by atoms with Crippen LogP contribution in [0, 0.1) is 0 Å². The molecule has 0 aliphatic carbocycles. The van der Waals surface area contributed by atoms with Crippen molar-refractivity contribution in [3.05, 3.63) is 60.0 Å². The first-order chi connectivity index (χ1) is 13.4. The fourth-order valence-corrected chi connectivity index (χ4v) is 3.57. The molecule has 1 aromatic heterocycles. The minimum absolute atomic E-state index is 0.139. The molecule has 0 spiro atoms. The number of aromatic nitrogens is 2. The highest BCUT2D eigenvalue weighted by molar-refractivity contribution is 7.90. The molecule has 0 fully saturated rings. The van der Waals surface area contributed by atoms with Gasteiger partial charge in [-0.1, -0.05) is 23.3 Å². The average Bonchev–Trinajstić information content (AvgIpc) is 3.14. The minimum Gasteiger partial charge on any atom is -0.497 e. The fraction of sp³-hybridized carbons (Fsp3) is 0.167. The van der Waals surface area contributed by atoms with Crippen molar-refractivity contribution in [1.82, 2.24) is 10.2 Å². The summed E-state index contributed by atoms with van der Waals surface area (Å²) in [6.07, 6.45) is 0. The maximum absolute atomic E-state index is 12.5. The summed E-state index contributed by atoms with van der Waals surface area (Å²) < 4.78 is 40.2. The van der Waals surface area contributed by atoms with E-state index in [-0.39, 0.29) is 22.4 Å². The lowest BCUT2D eigenvalue weighted by molar-refractivity contribution is 0.102. The van der Waals surface area contributed by atoms with Gasteiger partial charge in [-0.2, -0.15) is 0 Å². The molecule has 0 aliphatic heterocycles. The van der Waals surface area contributed by atoms with Gasteiger partial charge in [-0.3, -0.25) is 10.1 Å². The molecule has 0 saturated carbocycles. The van der Waals surface area contributed by atoms with E-state index >= 15 is 0 Å². The number of sulfone groups is 1. The Morgan fingerprint density at radius 1 is 1.07 bits per heavy atom. The summed E-state index contributed by atoms with van der Waals surface area (Å²) in [5, 5.41) is 9.78. The smallest absolute Gasteiger partial charge is 0.322 e. The lowest BCUT2D eigenvalue weighted by atomic mass is 10.1. The summed E-state index contributed by atoms with van der Waals surface area (Å²) >= 11 is 0. The van der Waals surface area contributed by atoms with Crippen molar-refractivity contribution in [3.8, 4) is 11.5 Å². The highest BCUT2D eigenvalue weighted by Gasteiger charge is 2.21. The Bertz CT molecular complexity index is 1080. The maximum atomic E-state index is 12.5. The first kappa shape index (κ1) is 19.4. The number of anilines is 1. The summed E-state index contributed by atoms with van der Waals surface area (Å²) in [6.45, 7) is 0. The number of carbonyl (C=O) groups is 1. The van der Waals surface area contributed by atoms with Gasteiger partial charge in [-0.15, -0.1) is 5.10 Å². The second kappa shape index (κ2) is 8.09. The third-order valence-electron chi connectivity index (χ3n) is 3.75. The van der Waals surface area contributed by atoms with Crippen LogP contribution in [-0.2, 0) is 15.6 Å². The average molecular weight is 403 g/mol. The summed E-state index contributed by atoms with van der Waals surface area (Å²) in [4.78, 5) is 12.6. The third-order valence-corrected chi connectivity index (χ3v) is 5.37. The largest absolute Gasteiger partial charge is 0.497 e. The van der Waals surface area contributed by atoms with Gasteiger partial charge < -0.3 is 13.9 Å². The molecule has 0 unspecified atom stereocenters. The molecule has 0 aliphatic rings. The van der Waals surface area contributed by atoms with Crippen LogP contribution >= 0.6 is 0 Å². The molecule has 0 radical (unpaired) electrons. The number of ether oxygens (including phenoxy) is 2. The Labute approximate surface area is 161 Å². The first-order valence-electron chi connectivity index (χ1n) is 8.06. The normalized spacial score (nSPS) is 11.1. The molecule has 3 rings (SSSR count). The summed E-state index contributed by atoms with van der Waals surface area (Å²) in [6, 6.07) is 12.4. The number of methoxy groups -OCH3 is 2. The number of nitrogens with zero attached hydrogens (tertiary/aromatic N) is 2. The van der Waals surface area contributed by atoms with Crippen LogP contribution in [0.25, 0.3) is 0 Å². The molecule has 0 bridgehead atoms. The van der Waals surface area contributed by atoms with E-state index in [1.165, 1.54) is 32.4 Å².